The molecule has 33 heavy (non-hydrogen) atoms. The highest BCUT2D eigenvalue weighted by atomic mass is 16.5. The smallest absolute Gasteiger partial charge is 0.273 e. The summed E-state index contributed by atoms with van der Waals surface area (Å²) >= 11 is 0. The predicted molar refractivity (Wildman–Crippen MR) is 131 cm³/mol. The Bertz CT molecular complexity index is 1140. The van der Waals surface area contributed by atoms with Gasteiger partial charge in [0.1, 0.15) is 5.75 Å². The van der Waals surface area contributed by atoms with E-state index in [2.05, 4.69) is 73.5 Å². The number of nitrogens with one attached hydrogen (secondary N) is 2. The van der Waals surface area contributed by atoms with Gasteiger partial charge in [0.05, 0.1) is 36.6 Å². The Labute approximate surface area is 195 Å². The molecule has 0 saturated carbocycles. The number of hydrogen-bond donors (Lipinski definition) is 2. The number of carbonyl (C=O) groups excluding carboxylic acids is 1. The predicted octanol–water partition coefficient (Wildman–Crippen LogP) is 4.80. The average Bonchev–Trinajstić information content (AvgIpc) is 3.22. The third-order valence-corrected chi connectivity index (χ3v) is 5.11. The lowest BCUT2D eigenvalue weighted by Crippen LogP contribution is -2.32. The number of aryl methyl sites for hydroxylation is 1. The van der Waals surface area contributed by atoms with E-state index in [1.165, 1.54) is 0 Å². The fourth-order valence-electron chi connectivity index (χ4n) is 3.13. The van der Waals surface area contributed by atoms with Gasteiger partial charge in [0.15, 0.2) is 5.69 Å². The largest absolute Gasteiger partial charge is 0.497 e. The van der Waals surface area contributed by atoms with Crippen molar-refractivity contribution in [1.29, 1.82) is 0 Å². The molecule has 2 N–H and O–H groups in total. The molecule has 0 aliphatic heterocycles. The zero-order chi connectivity index (χ0) is 24.4. The van der Waals surface area contributed by atoms with E-state index in [-0.39, 0.29) is 22.4 Å². The van der Waals surface area contributed by atoms with E-state index in [0.29, 0.717) is 6.54 Å². The van der Waals surface area contributed by atoms with E-state index in [4.69, 9.17) is 4.74 Å². The van der Waals surface area contributed by atoms with Crippen molar-refractivity contribution in [2.24, 2.45) is 5.41 Å². The number of benzene rings is 1. The molecule has 1 aromatic carbocycles. The lowest BCUT2D eigenvalue weighted by Gasteiger charge is -2.21. The van der Waals surface area contributed by atoms with Gasteiger partial charge in [-0.25, -0.2) is 4.68 Å². The normalized spacial score (nSPS) is 11.9. The number of hydrogen-bond acceptors (Lipinski definition) is 6. The first-order valence-corrected chi connectivity index (χ1v) is 11.0. The van der Waals surface area contributed by atoms with Crippen molar-refractivity contribution in [3.63, 3.8) is 0 Å². The summed E-state index contributed by atoms with van der Waals surface area (Å²) in [6, 6.07) is 8.03. The average molecular weight is 451 g/mol. The Morgan fingerprint density at radius 1 is 1.06 bits per heavy atom. The highest BCUT2D eigenvalue weighted by molar-refractivity contribution is 5.91. The molecule has 0 unspecified atom stereocenters. The van der Waals surface area contributed by atoms with Crippen molar-refractivity contribution in [2.75, 3.05) is 19.0 Å². The summed E-state index contributed by atoms with van der Waals surface area (Å²) < 4.78 is 7.07. The first kappa shape index (κ1) is 24.2. The summed E-state index contributed by atoms with van der Waals surface area (Å²) in [6.07, 6.45) is 3.39. The van der Waals surface area contributed by atoms with Gasteiger partial charge in [-0.2, -0.15) is 0 Å². The molecule has 0 bridgehead atoms. The Kier molecular flexibility index (Phi) is 6.76. The van der Waals surface area contributed by atoms with Gasteiger partial charge in [-0.1, -0.05) is 46.8 Å². The number of ether oxygens (including phenoxy) is 1. The van der Waals surface area contributed by atoms with E-state index < -0.39 is 0 Å². The van der Waals surface area contributed by atoms with Crippen LogP contribution in [0.2, 0.25) is 0 Å². The standard InChI is InChI=1S/C25H34N6O2/c1-16-22(31-14-21(29-30-31)23(32)27-15-24(2,3)4)12-19(13-26-16)28-18-9-17(25(5,6)7)10-20(11-18)33-8/h9-14,28H,15H2,1-8H3,(H,27,32). The van der Waals surface area contributed by atoms with Crippen molar-refractivity contribution in [1.82, 2.24) is 25.3 Å². The number of pyridine rings is 1. The quantitative estimate of drug-likeness (QED) is 0.560. The summed E-state index contributed by atoms with van der Waals surface area (Å²) in [5.41, 5.74) is 4.58. The second kappa shape index (κ2) is 9.21. The highest BCUT2D eigenvalue weighted by Gasteiger charge is 2.18. The van der Waals surface area contributed by atoms with Crippen LogP contribution in [-0.4, -0.2) is 39.5 Å². The molecule has 8 nitrogen and oxygen atoms in total. The topological polar surface area (TPSA) is 94.0 Å². The molecule has 1 amide bonds. The molecule has 0 radical (unpaired) electrons. The van der Waals surface area contributed by atoms with Crippen LogP contribution in [0.1, 0.15) is 63.3 Å². The summed E-state index contributed by atoms with van der Waals surface area (Å²) in [7, 11) is 1.66. The van der Waals surface area contributed by atoms with Crippen molar-refractivity contribution < 1.29 is 9.53 Å². The van der Waals surface area contributed by atoms with Gasteiger partial charge < -0.3 is 15.4 Å². The summed E-state index contributed by atoms with van der Waals surface area (Å²) in [5.74, 6) is 0.537. The third kappa shape index (κ3) is 6.31. The number of nitrogens with zero attached hydrogens (tertiary/aromatic N) is 4. The van der Waals surface area contributed by atoms with Crippen LogP contribution in [0.25, 0.3) is 5.69 Å². The highest BCUT2D eigenvalue weighted by Crippen LogP contribution is 2.31. The van der Waals surface area contributed by atoms with Gasteiger partial charge >= 0.3 is 0 Å². The zero-order valence-corrected chi connectivity index (χ0v) is 20.8. The summed E-state index contributed by atoms with van der Waals surface area (Å²) in [4.78, 5) is 16.9. The fraction of sp³-hybridized carbons (Fsp3) is 0.440. The minimum Gasteiger partial charge on any atom is -0.497 e. The maximum absolute atomic E-state index is 12.4. The molecule has 3 rings (SSSR count). The number of anilines is 2. The molecule has 2 heterocycles. The van der Waals surface area contributed by atoms with Crippen LogP contribution >= 0.6 is 0 Å². The summed E-state index contributed by atoms with van der Waals surface area (Å²) in [5, 5.41) is 14.5. The second-order valence-corrected chi connectivity index (χ2v) is 10.4. The number of rotatable bonds is 6. The van der Waals surface area contributed by atoms with Crippen LogP contribution in [0.3, 0.4) is 0 Å². The minimum absolute atomic E-state index is 0.0147. The Hall–Kier alpha value is -3.42. The van der Waals surface area contributed by atoms with E-state index in [0.717, 1.165) is 34.1 Å². The first-order chi connectivity index (χ1) is 15.4. The molecule has 0 atom stereocenters. The van der Waals surface area contributed by atoms with Crippen LogP contribution in [0.15, 0.2) is 36.7 Å². The van der Waals surface area contributed by atoms with Crippen molar-refractivity contribution in [2.45, 2.75) is 53.9 Å². The van der Waals surface area contributed by atoms with E-state index in [1.54, 1.807) is 24.2 Å². The van der Waals surface area contributed by atoms with Crippen LogP contribution in [0, 0.1) is 12.3 Å². The van der Waals surface area contributed by atoms with Gasteiger partial charge in [0.25, 0.3) is 5.91 Å². The van der Waals surface area contributed by atoms with Crippen molar-refractivity contribution in [3.05, 3.63) is 53.6 Å². The fourth-order valence-corrected chi connectivity index (χ4v) is 3.13. The van der Waals surface area contributed by atoms with E-state index in [1.807, 2.05) is 25.1 Å². The summed E-state index contributed by atoms with van der Waals surface area (Å²) in [6.45, 7) is 15.1. The van der Waals surface area contributed by atoms with Crippen LogP contribution < -0.4 is 15.4 Å². The number of aromatic nitrogens is 4. The molecule has 8 heteroatoms. The zero-order valence-electron chi connectivity index (χ0n) is 20.8. The number of amides is 1. The lowest BCUT2D eigenvalue weighted by molar-refractivity contribution is 0.0934. The molecule has 0 saturated heterocycles. The van der Waals surface area contributed by atoms with Crippen LogP contribution in [0.4, 0.5) is 11.4 Å². The van der Waals surface area contributed by atoms with Gasteiger partial charge in [0, 0.05) is 18.3 Å². The molecule has 3 aromatic rings. The monoisotopic (exact) mass is 450 g/mol. The molecule has 2 aromatic heterocycles. The van der Waals surface area contributed by atoms with Gasteiger partial charge in [-0.15, -0.1) is 5.10 Å². The maximum atomic E-state index is 12.4. The van der Waals surface area contributed by atoms with E-state index >= 15 is 0 Å². The first-order valence-electron chi connectivity index (χ1n) is 11.0. The molecule has 0 aliphatic carbocycles. The Morgan fingerprint density at radius 3 is 2.42 bits per heavy atom. The minimum atomic E-state index is -0.248. The third-order valence-electron chi connectivity index (χ3n) is 5.11. The second-order valence-electron chi connectivity index (χ2n) is 10.4. The molecular formula is C25H34N6O2. The van der Waals surface area contributed by atoms with E-state index in [9.17, 15) is 4.79 Å². The molecule has 0 spiro atoms. The molecule has 0 fully saturated rings. The van der Waals surface area contributed by atoms with Gasteiger partial charge in [-0.05, 0) is 41.5 Å². The van der Waals surface area contributed by atoms with Gasteiger partial charge in [0.2, 0.25) is 0 Å². The van der Waals surface area contributed by atoms with Crippen LogP contribution in [-0.2, 0) is 5.41 Å². The van der Waals surface area contributed by atoms with Crippen LogP contribution in [0.5, 0.6) is 5.75 Å². The molecule has 176 valence electrons. The lowest BCUT2D eigenvalue weighted by atomic mass is 9.86. The Balaban J connectivity index is 1.86. The van der Waals surface area contributed by atoms with Gasteiger partial charge in [-0.3, -0.25) is 9.78 Å². The molecular weight excluding hydrogens is 416 g/mol. The van der Waals surface area contributed by atoms with Crippen molar-refractivity contribution in [3.8, 4) is 11.4 Å². The maximum Gasteiger partial charge on any atom is 0.273 e. The SMILES string of the molecule is COc1cc(Nc2cnc(C)c(-n3cc(C(=O)NCC(C)(C)C)nn3)c2)cc(C(C)(C)C)c1. The molecule has 0 aliphatic rings. The number of carbonyl (C=O) groups is 1. The Morgan fingerprint density at radius 2 is 1.79 bits per heavy atom. The number of methoxy groups -OCH3 is 1. The van der Waals surface area contributed by atoms with Crippen molar-refractivity contribution >= 4 is 17.3 Å².